The van der Waals surface area contributed by atoms with Gasteiger partial charge in [-0.2, -0.15) is 5.26 Å². The van der Waals surface area contributed by atoms with Gasteiger partial charge in [-0.1, -0.05) is 46.3 Å². The fraction of sp³-hybridized carbons (Fsp3) is 0.133. The summed E-state index contributed by atoms with van der Waals surface area (Å²) < 4.78 is 0.892. The topological polar surface area (TPSA) is 56.0 Å². The largest absolute Gasteiger partial charge is 0.387 e. The standard InChI is InChI=1S/C15H13BrN2O/c16-13-7-6-12(9-17)14(8-13)18-10-15(19)11-4-2-1-3-5-11/h1-8,15,18-19H,10H2. The van der Waals surface area contributed by atoms with Crippen LogP contribution in [0, 0.1) is 11.3 Å². The van der Waals surface area contributed by atoms with Gasteiger partial charge in [-0.15, -0.1) is 0 Å². The normalized spacial score (nSPS) is 11.6. The van der Waals surface area contributed by atoms with Crippen molar-refractivity contribution in [2.75, 3.05) is 11.9 Å². The lowest BCUT2D eigenvalue weighted by Crippen LogP contribution is -2.12. The molecule has 0 aliphatic carbocycles. The van der Waals surface area contributed by atoms with Gasteiger partial charge in [0.2, 0.25) is 0 Å². The molecule has 19 heavy (non-hydrogen) atoms. The van der Waals surface area contributed by atoms with Crippen LogP contribution in [0.15, 0.2) is 53.0 Å². The first-order chi connectivity index (χ1) is 9.20. The fourth-order valence-electron chi connectivity index (χ4n) is 1.76. The van der Waals surface area contributed by atoms with Crippen molar-refractivity contribution in [2.45, 2.75) is 6.10 Å². The number of rotatable bonds is 4. The quantitative estimate of drug-likeness (QED) is 0.908. The van der Waals surface area contributed by atoms with E-state index in [0.717, 1.165) is 10.0 Å². The molecule has 0 saturated carbocycles. The molecule has 0 aliphatic heterocycles. The molecular formula is C15H13BrN2O. The summed E-state index contributed by atoms with van der Waals surface area (Å²) >= 11 is 3.37. The molecule has 0 saturated heterocycles. The third kappa shape index (κ3) is 3.57. The highest BCUT2D eigenvalue weighted by Crippen LogP contribution is 2.22. The Bertz CT molecular complexity index is 593. The molecule has 0 amide bonds. The molecule has 2 N–H and O–H groups in total. The summed E-state index contributed by atoms with van der Waals surface area (Å²) in [4.78, 5) is 0. The predicted octanol–water partition coefficient (Wildman–Crippen LogP) is 3.47. The van der Waals surface area contributed by atoms with Crippen LogP contribution in [0.4, 0.5) is 5.69 Å². The zero-order chi connectivity index (χ0) is 13.7. The number of nitriles is 1. The highest BCUT2D eigenvalue weighted by molar-refractivity contribution is 9.10. The van der Waals surface area contributed by atoms with Crippen molar-refractivity contribution in [3.05, 3.63) is 64.1 Å². The van der Waals surface area contributed by atoms with Crippen molar-refractivity contribution >= 4 is 21.6 Å². The second-order valence-corrected chi connectivity index (χ2v) is 5.02. The van der Waals surface area contributed by atoms with E-state index in [9.17, 15) is 5.11 Å². The molecule has 3 nitrogen and oxygen atoms in total. The lowest BCUT2D eigenvalue weighted by Gasteiger charge is -2.14. The zero-order valence-corrected chi connectivity index (χ0v) is 11.8. The fourth-order valence-corrected chi connectivity index (χ4v) is 2.12. The van der Waals surface area contributed by atoms with E-state index in [2.05, 4.69) is 27.3 Å². The highest BCUT2D eigenvalue weighted by atomic mass is 79.9. The molecule has 2 aromatic rings. The van der Waals surface area contributed by atoms with Gasteiger partial charge in [0.1, 0.15) is 6.07 Å². The van der Waals surface area contributed by atoms with Gasteiger partial charge < -0.3 is 10.4 Å². The Labute approximate surface area is 120 Å². The van der Waals surface area contributed by atoms with Crippen LogP contribution < -0.4 is 5.32 Å². The molecule has 1 unspecified atom stereocenters. The summed E-state index contributed by atoms with van der Waals surface area (Å²) in [6, 6.07) is 16.9. The maximum absolute atomic E-state index is 10.1. The summed E-state index contributed by atoms with van der Waals surface area (Å²) in [6.45, 7) is 0.356. The molecule has 0 aliphatic rings. The van der Waals surface area contributed by atoms with Crippen LogP contribution in [-0.4, -0.2) is 11.7 Å². The number of nitrogens with zero attached hydrogens (tertiary/aromatic N) is 1. The molecule has 1 atom stereocenters. The summed E-state index contributed by atoms with van der Waals surface area (Å²) in [5.74, 6) is 0. The van der Waals surface area contributed by atoms with Gasteiger partial charge in [-0.3, -0.25) is 0 Å². The number of aliphatic hydroxyl groups is 1. The van der Waals surface area contributed by atoms with Crippen LogP contribution in [0.5, 0.6) is 0 Å². The highest BCUT2D eigenvalue weighted by Gasteiger charge is 2.08. The van der Waals surface area contributed by atoms with Crippen molar-refractivity contribution in [3.8, 4) is 6.07 Å². The van der Waals surface area contributed by atoms with Crippen molar-refractivity contribution in [1.82, 2.24) is 0 Å². The zero-order valence-electron chi connectivity index (χ0n) is 10.2. The second kappa shape index (κ2) is 6.37. The summed E-state index contributed by atoms with van der Waals surface area (Å²) in [6.07, 6.45) is -0.605. The van der Waals surface area contributed by atoms with Crippen LogP contribution in [0.3, 0.4) is 0 Å². The monoisotopic (exact) mass is 316 g/mol. The summed E-state index contributed by atoms with van der Waals surface area (Å²) in [5, 5.41) is 22.2. The molecular weight excluding hydrogens is 304 g/mol. The van der Waals surface area contributed by atoms with Gasteiger partial charge >= 0.3 is 0 Å². The Morgan fingerprint density at radius 3 is 2.63 bits per heavy atom. The minimum atomic E-state index is -0.605. The second-order valence-electron chi connectivity index (χ2n) is 4.11. The van der Waals surface area contributed by atoms with Crippen molar-refractivity contribution in [1.29, 1.82) is 5.26 Å². The van der Waals surface area contributed by atoms with Gasteiger partial charge in [0, 0.05) is 11.0 Å². The van der Waals surface area contributed by atoms with E-state index < -0.39 is 6.10 Å². The van der Waals surface area contributed by atoms with Gasteiger partial charge in [0.15, 0.2) is 0 Å². The molecule has 4 heteroatoms. The van der Waals surface area contributed by atoms with Gasteiger partial charge in [0.25, 0.3) is 0 Å². The third-order valence-electron chi connectivity index (χ3n) is 2.77. The average Bonchev–Trinajstić information content (AvgIpc) is 2.46. The maximum atomic E-state index is 10.1. The van der Waals surface area contributed by atoms with Crippen LogP contribution >= 0.6 is 15.9 Å². The van der Waals surface area contributed by atoms with E-state index in [-0.39, 0.29) is 0 Å². The van der Waals surface area contributed by atoms with Crippen molar-refractivity contribution < 1.29 is 5.11 Å². The maximum Gasteiger partial charge on any atom is 0.101 e. The Balaban J connectivity index is 2.07. The number of nitrogens with one attached hydrogen (secondary N) is 1. The van der Waals surface area contributed by atoms with Crippen molar-refractivity contribution in [3.63, 3.8) is 0 Å². The predicted molar refractivity (Wildman–Crippen MR) is 78.7 cm³/mol. The number of hydrogen-bond acceptors (Lipinski definition) is 3. The first-order valence-electron chi connectivity index (χ1n) is 5.87. The molecule has 2 aromatic carbocycles. The van der Waals surface area contributed by atoms with E-state index in [1.807, 2.05) is 42.5 Å². The molecule has 0 aromatic heterocycles. The third-order valence-corrected chi connectivity index (χ3v) is 3.27. The van der Waals surface area contributed by atoms with E-state index in [1.165, 1.54) is 0 Å². The first kappa shape index (κ1) is 13.6. The smallest absolute Gasteiger partial charge is 0.101 e. The summed E-state index contributed by atoms with van der Waals surface area (Å²) in [5.41, 5.74) is 2.12. The molecule has 0 heterocycles. The van der Waals surface area contributed by atoms with Crippen LogP contribution in [0.1, 0.15) is 17.2 Å². The van der Waals surface area contributed by atoms with Crippen LogP contribution in [0.25, 0.3) is 0 Å². The van der Waals surface area contributed by atoms with E-state index >= 15 is 0 Å². The van der Waals surface area contributed by atoms with Crippen LogP contribution in [-0.2, 0) is 0 Å². The Hall–Kier alpha value is -1.83. The first-order valence-corrected chi connectivity index (χ1v) is 6.66. The molecule has 0 bridgehead atoms. The molecule has 0 spiro atoms. The number of anilines is 1. The number of aliphatic hydroxyl groups excluding tert-OH is 1. The minimum absolute atomic E-state index is 0.356. The van der Waals surface area contributed by atoms with E-state index in [4.69, 9.17) is 5.26 Å². The summed E-state index contributed by atoms with van der Waals surface area (Å²) in [7, 11) is 0. The molecule has 96 valence electrons. The van der Waals surface area contributed by atoms with E-state index in [0.29, 0.717) is 17.8 Å². The Morgan fingerprint density at radius 2 is 1.95 bits per heavy atom. The van der Waals surface area contributed by atoms with E-state index in [1.54, 1.807) is 6.07 Å². The Morgan fingerprint density at radius 1 is 1.21 bits per heavy atom. The SMILES string of the molecule is N#Cc1ccc(Br)cc1NCC(O)c1ccccc1. The van der Waals surface area contributed by atoms with Gasteiger partial charge in [-0.25, -0.2) is 0 Å². The number of benzene rings is 2. The van der Waals surface area contributed by atoms with Crippen LogP contribution in [0.2, 0.25) is 0 Å². The number of hydrogen-bond donors (Lipinski definition) is 2. The lowest BCUT2D eigenvalue weighted by atomic mass is 10.1. The Kier molecular flexibility index (Phi) is 4.56. The number of halogens is 1. The molecule has 2 rings (SSSR count). The van der Waals surface area contributed by atoms with Crippen molar-refractivity contribution in [2.24, 2.45) is 0 Å². The van der Waals surface area contributed by atoms with Gasteiger partial charge in [0.05, 0.1) is 17.4 Å². The van der Waals surface area contributed by atoms with Gasteiger partial charge in [-0.05, 0) is 23.8 Å². The molecule has 0 radical (unpaired) electrons. The average molecular weight is 317 g/mol. The minimum Gasteiger partial charge on any atom is -0.387 e. The lowest BCUT2D eigenvalue weighted by molar-refractivity contribution is 0.191. The molecule has 0 fully saturated rings.